The van der Waals surface area contributed by atoms with Gasteiger partial charge in [0.25, 0.3) is 0 Å². The van der Waals surface area contributed by atoms with Crippen molar-refractivity contribution in [2.24, 2.45) is 0 Å². The number of hydrogen-bond donors (Lipinski definition) is 1. The molecule has 0 aliphatic rings. The maximum atomic E-state index is 12.8. The van der Waals surface area contributed by atoms with Crippen LogP contribution in [0.1, 0.15) is 37.0 Å². The molecule has 0 unspecified atom stereocenters. The Labute approximate surface area is 162 Å². The van der Waals surface area contributed by atoms with E-state index in [1.807, 2.05) is 39.0 Å². The summed E-state index contributed by atoms with van der Waals surface area (Å²) in [5.74, 6) is -0.133. The second-order valence-corrected chi connectivity index (χ2v) is 8.51. The first-order valence-electron chi connectivity index (χ1n) is 9.24. The van der Waals surface area contributed by atoms with Crippen LogP contribution >= 0.6 is 0 Å². The lowest BCUT2D eigenvalue weighted by atomic mass is 10.1. The Morgan fingerprint density at radius 2 is 1.74 bits per heavy atom. The van der Waals surface area contributed by atoms with Gasteiger partial charge in [-0.15, -0.1) is 0 Å². The van der Waals surface area contributed by atoms with Gasteiger partial charge < -0.3 is 5.32 Å². The second-order valence-electron chi connectivity index (χ2n) is 6.61. The van der Waals surface area contributed by atoms with Gasteiger partial charge in [-0.25, -0.2) is 8.42 Å². The number of amides is 1. The first-order valence-corrected chi connectivity index (χ1v) is 10.7. The molecule has 0 bridgehead atoms. The predicted octanol–water partition coefficient (Wildman–Crippen LogP) is 3.91. The zero-order valence-electron chi connectivity index (χ0n) is 16.5. The van der Waals surface area contributed by atoms with E-state index in [-0.39, 0.29) is 10.8 Å². The molecule has 2 aromatic carbocycles. The maximum Gasteiger partial charge on any atom is 0.243 e. The van der Waals surface area contributed by atoms with Gasteiger partial charge in [-0.3, -0.25) is 4.79 Å². The van der Waals surface area contributed by atoms with Gasteiger partial charge in [0.15, 0.2) is 0 Å². The molecule has 1 amide bonds. The summed E-state index contributed by atoms with van der Waals surface area (Å²) >= 11 is 0. The van der Waals surface area contributed by atoms with E-state index in [9.17, 15) is 13.2 Å². The number of nitrogens with zero attached hydrogens (tertiary/aromatic N) is 1. The number of benzene rings is 2. The first-order chi connectivity index (χ1) is 12.8. The zero-order valence-corrected chi connectivity index (χ0v) is 17.3. The molecule has 2 aromatic rings. The van der Waals surface area contributed by atoms with Gasteiger partial charge in [-0.05, 0) is 43.5 Å². The molecule has 0 heterocycles. The van der Waals surface area contributed by atoms with E-state index < -0.39 is 10.0 Å². The first kappa shape index (κ1) is 21.1. The van der Waals surface area contributed by atoms with Gasteiger partial charge in [-0.1, -0.05) is 49.7 Å². The van der Waals surface area contributed by atoms with Crippen molar-refractivity contribution < 1.29 is 13.2 Å². The minimum absolute atomic E-state index is 0.133. The highest BCUT2D eigenvalue weighted by Crippen LogP contribution is 2.24. The van der Waals surface area contributed by atoms with Crippen LogP contribution in [0.4, 0.5) is 5.69 Å². The van der Waals surface area contributed by atoms with Crippen LogP contribution in [0.5, 0.6) is 0 Å². The van der Waals surface area contributed by atoms with Crippen molar-refractivity contribution in [3.05, 3.63) is 59.2 Å². The third-order valence-electron chi connectivity index (χ3n) is 4.52. The van der Waals surface area contributed by atoms with Crippen LogP contribution in [-0.4, -0.2) is 31.7 Å². The molecule has 5 nitrogen and oxygen atoms in total. The van der Waals surface area contributed by atoms with Crippen LogP contribution in [0.15, 0.2) is 47.4 Å². The summed E-state index contributed by atoms with van der Waals surface area (Å²) in [6, 6.07) is 13.1. The normalized spacial score (nSPS) is 11.6. The summed E-state index contributed by atoms with van der Waals surface area (Å²) in [7, 11) is -3.57. The molecule has 0 saturated heterocycles. The number of carbonyl (C=O) groups is 1. The molecule has 0 aliphatic carbocycles. The topological polar surface area (TPSA) is 66.5 Å². The molecule has 0 atom stereocenters. The maximum absolute atomic E-state index is 12.8. The Bertz CT molecular complexity index is 903. The van der Waals surface area contributed by atoms with Crippen molar-refractivity contribution in [3.63, 3.8) is 0 Å². The summed E-state index contributed by atoms with van der Waals surface area (Å²) in [5.41, 5.74) is 3.44. The van der Waals surface area contributed by atoms with Crippen LogP contribution in [0.25, 0.3) is 0 Å². The summed E-state index contributed by atoms with van der Waals surface area (Å²) in [6.45, 7) is 8.23. The van der Waals surface area contributed by atoms with E-state index in [0.29, 0.717) is 37.2 Å². The third-order valence-corrected chi connectivity index (χ3v) is 6.71. The van der Waals surface area contributed by atoms with Crippen molar-refractivity contribution >= 4 is 21.6 Å². The molecular weight excluding hydrogens is 360 g/mol. The summed E-state index contributed by atoms with van der Waals surface area (Å²) in [6.07, 6.45) is 0.986. The number of sulfonamides is 1. The Morgan fingerprint density at radius 3 is 2.37 bits per heavy atom. The van der Waals surface area contributed by atoms with E-state index in [4.69, 9.17) is 0 Å². The highest BCUT2D eigenvalue weighted by Gasteiger charge is 2.24. The number of anilines is 1. The van der Waals surface area contributed by atoms with Crippen LogP contribution < -0.4 is 5.32 Å². The van der Waals surface area contributed by atoms with Gasteiger partial charge in [0.05, 0.1) is 4.90 Å². The SMILES string of the molecule is CCN(CC)S(=O)(=O)c1cc(NC(=O)CCc2cccc(C)c2)ccc1C. The molecular formula is C21H28N2O3S. The molecule has 0 aromatic heterocycles. The molecule has 0 spiro atoms. The Kier molecular flexibility index (Phi) is 7.16. The average molecular weight is 389 g/mol. The number of carbonyl (C=O) groups excluding carboxylic acids is 1. The van der Waals surface area contributed by atoms with E-state index >= 15 is 0 Å². The number of rotatable bonds is 8. The molecule has 0 fully saturated rings. The summed E-state index contributed by atoms with van der Waals surface area (Å²) in [4.78, 5) is 12.5. The molecule has 2 rings (SSSR count). The van der Waals surface area contributed by atoms with Gasteiger partial charge in [0.2, 0.25) is 15.9 Å². The Balaban J connectivity index is 2.12. The highest BCUT2D eigenvalue weighted by atomic mass is 32.2. The van der Waals surface area contributed by atoms with E-state index in [2.05, 4.69) is 11.4 Å². The van der Waals surface area contributed by atoms with Gasteiger partial charge in [0, 0.05) is 25.2 Å². The fraction of sp³-hybridized carbons (Fsp3) is 0.381. The molecule has 0 aliphatic heterocycles. The Hall–Kier alpha value is -2.18. The molecule has 146 valence electrons. The predicted molar refractivity (Wildman–Crippen MR) is 109 cm³/mol. The number of hydrogen-bond acceptors (Lipinski definition) is 3. The van der Waals surface area contributed by atoms with Gasteiger partial charge in [0.1, 0.15) is 0 Å². The lowest BCUT2D eigenvalue weighted by Gasteiger charge is -2.20. The third kappa shape index (κ3) is 5.40. The minimum Gasteiger partial charge on any atom is -0.326 e. The lowest BCUT2D eigenvalue weighted by Crippen LogP contribution is -2.31. The van der Waals surface area contributed by atoms with Crippen molar-refractivity contribution in [3.8, 4) is 0 Å². The average Bonchev–Trinajstić information content (AvgIpc) is 2.62. The smallest absolute Gasteiger partial charge is 0.243 e. The van der Waals surface area contributed by atoms with Crippen LogP contribution in [0.2, 0.25) is 0 Å². The summed E-state index contributed by atoms with van der Waals surface area (Å²) in [5, 5.41) is 2.82. The Morgan fingerprint density at radius 1 is 1.04 bits per heavy atom. The van der Waals surface area contributed by atoms with E-state index in [1.165, 1.54) is 4.31 Å². The van der Waals surface area contributed by atoms with Gasteiger partial charge in [-0.2, -0.15) is 4.31 Å². The van der Waals surface area contributed by atoms with Crippen molar-refractivity contribution in [2.75, 3.05) is 18.4 Å². The fourth-order valence-electron chi connectivity index (χ4n) is 3.01. The molecule has 6 heteroatoms. The van der Waals surface area contributed by atoms with Crippen LogP contribution in [0.3, 0.4) is 0 Å². The van der Waals surface area contributed by atoms with Crippen LogP contribution in [-0.2, 0) is 21.2 Å². The monoisotopic (exact) mass is 388 g/mol. The number of aryl methyl sites for hydroxylation is 3. The lowest BCUT2D eigenvalue weighted by molar-refractivity contribution is -0.116. The molecule has 27 heavy (non-hydrogen) atoms. The molecule has 0 saturated carbocycles. The summed E-state index contributed by atoms with van der Waals surface area (Å²) < 4.78 is 27.0. The molecule has 1 N–H and O–H groups in total. The standard InChI is InChI=1S/C21H28N2O3S/c1-5-23(6-2)27(25,26)20-15-19(12-10-17(20)4)22-21(24)13-11-18-9-7-8-16(3)14-18/h7-10,12,14-15H,5-6,11,13H2,1-4H3,(H,22,24). The minimum atomic E-state index is -3.57. The van der Waals surface area contributed by atoms with E-state index in [1.54, 1.807) is 25.1 Å². The van der Waals surface area contributed by atoms with Crippen molar-refractivity contribution in [1.82, 2.24) is 4.31 Å². The zero-order chi connectivity index (χ0) is 20.0. The number of nitrogens with one attached hydrogen (secondary N) is 1. The van der Waals surface area contributed by atoms with E-state index in [0.717, 1.165) is 11.1 Å². The largest absolute Gasteiger partial charge is 0.326 e. The quantitative estimate of drug-likeness (QED) is 0.746. The van der Waals surface area contributed by atoms with Crippen LogP contribution in [0, 0.1) is 13.8 Å². The second kappa shape index (κ2) is 9.15. The van der Waals surface area contributed by atoms with Crippen molar-refractivity contribution in [2.45, 2.75) is 45.4 Å². The highest BCUT2D eigenvalue weighted by molar-refractivity contribution is 7.89. The van der Waals surface area contributed by atoms with Gasteiger partial charge >= 0.3 is 0 Å². The van der Waals surface area contributed by atoms with Crippen molar-refractivity contribution in [1.29, 1.82) is 0 Å². The fourth-order valence-corrected chi connectivity index (χ4v) is 4.72. The molecule has 0 radical (unpaired) electrons.